The largest absolute Gasteiger partial charge is 0.494 e. The molecule has 1 amide bonds. The van der Waals surface area contributed by atoms with Crippen molar-refractivity contribution in [2.75, 3.05) is 31.7 Å². The van der Waals surface area contributed by atoms with Crippen LogP contribution in [0.1, 0.15) is 20.8 Å². The van der Waals surface area contributed by atoms with E-state index in [2.05, 4.69) is 10.3 Å². The highest BCUT2D eigenvalue weighted by Crippen LogP contribution is 2.29. The lowest BCUT2D eigenvalue weighted by Gasteiger charge is -2.11. The predicted octanol–water partition coefficient (Wildman–Crippen LogP) is 3.08. The Balaban J connectivity index is 1.93. The van der Waals surface area contributed by atoms with Gasteiger partial charge in [0, 0.05) is 6.61 Å². The number of nitrogens with zero attached hydrogens (tertiary/aromatic N) is 1. The highest BCUT2D eigenvalue weighted by molar-refractivity contribution is 7.22. The molecule has 6 nitrogen and oxygen atoms in total. The number of anilines is 1. The van der Waals surface area contributed by atoms with E-state index in [9.17, 15) is 4.79 Å². The summed E-state index contributed by atoms with van der Waals surface area (Å²) >= 11 is 1.41. The van der Waals surface area contributed by atoms with Gasteiger partial charge in [0.05, 0.1) is 30.0 Å². The number of carbonyl (C=O) groups is 1. The number of rotatable bonds is 9. The molecule has 0 aliphatic carbocycles. The van der Waals surface area contributed by atoms with Gasteiger partial charge in [-0.05, 0) is 39.0 Å². The number of carbonyl (C=O) groups excluding carboxylic acids is 1. The standard InChI is InChI=1S/C16H22N2O4S/c1-4-20-8-9-22-11(3)15(19)18-16-17-13-7-6-12(21-5-2)10-14(13)23-16/h6-7,10-11H,4-5,8-9H2,1-3H3,(H,17,18,19). The van der Waals surface area contributed by atoms with Gasteiger partial charge in [-0.3, -0.25) is 10.1 Å². The first-order chi connectivity index (χ1) is 11.1. The number of amides is 1. The first-order valence-corrected chi connectivity index (χ1v) is 8.49. The van der Waals surface area contributed by atoms with Crippen LogP contribution in [0.5, 0.6) is 5.75 Å². The normalized spacial score (nSPS) is 12.3. The van der Waals surface area contributed by atoms with E-state index in [1.54, 1.807) is 6.92 Å². The highest BCUT2D eigenvalue weighted by atomic mass is 32.1. The maximum absolute atomic E-state index is 12.1. The average Bonchev–Trinajstić information content (AvgIpc) is 2.93. The van der Waals surface area contributed by atoms with Crippen molar-refractivity contribution < 1.29 is 19.0 Å². The van der Waals surface area contributed by atoms with E-state index >= 15 is 0 Å². The van der Waals surface area contributed by atoms with Crippen LogP contribution < -0.4 is 10.1 Å². The number of hydrogen-bond donors (Lipinski definition) is 1. The number of thiazole rings is 1. The minimum absolute atomic E-state index is 0.217. The van der Waals surface area contributed by atoms with Crippen molar-refractivity contribution in [2.24, 2.45) is 0 Å². The van der Waals surface area contributed by atoms with Crippen LogP contribution in [0.25, 0.3) is 10.2 Å². The van der Waals surface area contributed by atoms with Crippen LogP contribution in [0.15, 0.2) is 18.2 Å². The highest BCUT2D eigenvalue weighted by Gasteiger charge is 2.15. The summed E-state index contributed by atoms with van der Waals surface area (Å²) in [5.74, 6) is 0.583. The molecule has 2 rings (SSSR count). The molecule has 0 spiro atoms. The van der Waals surface area contributed by atoms with Crippen LogP contribution in [-0.4, -0.2) is 43.4 Å². The van der Waals surface area contributed by atoms with Gasteiger partial charge >= 0.3 is 0 Å². The fourth-order valence-electron chi connectivity index (χ4n) is 1.93. The minimum atomic E-state index is -0.554. The molecule has 1 heterocycles. The first kappa shape index (κ1) is 17.7. The van der Waals surface area contributed by atoms with Gasteiger partial charge in [-0.15, -0.1) is 0 Å². The fourth-order valence-corrected chi connectivity index (χ4v) is 2.82. The zero-order valence-corrected chi connectivity index (χ0v) is 14.4. The van der Waals surface area contributed by atoms with Crippen molar-refractivity contribution in [1.29, 1.82) is 0 Å². The van der Waals surface area contributed by atoms with Gasteiger partial charge in [-0.2, -0.15) is 0 Å². The number of hydrogen-bond acceptors (Lipinski definition) is 6. The van der Waals surface area contributed by atoms with Crippen LogP contribution in [0, 0.1) is 0 Å². The van der Waals surface area contributed by atoms with E-state index in [-0.39, 0.29) is 5.91 Å². The van der Waals surface area contributed by atoms with Crippen molar-refractivity contribution in [3.8, 4) is 5.75 Å². The number of aromatic nitrogens is 1. The molecule has 0 aliphatic heterocycles. The third-order valence-corrected chi connectivity index (χ3v) is 4.00. The lowest BCUT2D eigenvalue weighted by Crippen LogP contribution is -2.28. The maximum Gasteiger partial charge on any atom is 0.254 e. The monoisotopic (exact) mass is 338 g/mol. The summed E-state index contributed by atoms with van der Waals surface area (Å²) in [4.78, 5) is 16.5. The van der Waals surface area contributed by atoms with E-state index in [4.69, 9.17) is 14.2 Å². The predicted molar refractivity (Wildman–Crippen MR) is 91.3 cm³/mol. The van der Waals surface area contributed by atoms with Gasteiger partial charge in [0.2, 0.25) is 0 Å². The molecule has 2 aromatic rings. The van der Waals surface area contributed by atoms with E-state index in [0.717, 1.165) is 16.0 Å². The smallest absolute Gasteiger partial charge is 0.254 e. The minimum Gasteiger partial charge on any atom is -0.494 e. The SMILES string of the molecule is CCOCCOC(C)C(=O)Nc1nc2ccc(OCC)cc2s1. The summed E-state index contributed by atoms with van der Waals surface area (Å²) in [6.07, 6.45) is -0.554. The van der Waals surface area contributed by atoms with Gasteiger partial charge < -0.3 is 14.2 Å². The summed E-state index contributed by atoms with van der Waals surface area (Å²) in [6, 6.07) is 5.68. The Hall–Kier alpha value is -1.70. The summed E-state index contributed by atoms with van der Waals surface area (Å²) < 4.78 is 17.0. The molecule has 1 aromatic carbocycles. The molecule has 0 aliphatic rings. The Kier molecular flexibility index (Phi) is 6.76. The number of fused-ring (bicyclic) bond motifs is 1. The lowest BCUT2D eigenvalue weighted by molar-refractivity contribution is -0.127. The molecule has 1 atom stereocenters. The Morgan fingerprint density at radius 2 is 2.13 bits per heavy atom. The molecule has 1 aromatic heterocycles. The summed E-state index contributed by atoms with van der Waals surface area (Å²) in [7, 11) is 0. The van der Waals surface area contributed by atoms with E-state index < -0.39 is 6.10 Å². The van der Waals surface area contributed by atoms with Gasteiger partial charge in [0.1, 0.15) is 11.9 Å². The molecular formula is C16H22N2O4S. The summed E-state index contributed by atoms with van der Waals surface area (Å²) in [5, 5.41) is 3.34. The summed E-state index contributed by atoms with van der Waals surface area (Å²) in [5.41, 5.74) is 0.832. The molecule has 23 heavy (non-hydrogen) atoms. The second kappa shape index (κ2) is 8.81. The zero-order valence-electron chi connectivity index (χ0n) is 13.6. The van der Waals surface area contributed by atoms with Crippen LogP contribution in [0.4, 0.5) is 5.13 Å². The van der Waals surface area contributed by atoms with Gasteiger partial charge in [0.25, 0.3) is 5.91 Å². The van der Waals surface area contributed by atoms with Crippen LogP contribution in [-0.2, 0) is 14.3 Å². The number of benzene rings is 1. The number of ether oxygens (including phenoxy) is 3. The van der Waals surface area contributed by atoms with Crippen molar-refractivity contribution >= 4 is 32.6 Å². The van der Waals surface area contributed by atoms with E-state index in [0.29, 0.717) is 31.6 Å². The Morgan fingerprint density at radius 3 is 2.87 bits per heavy atom. The molecule has 1 N–H and O–H groups in total. The van der Waals surface area contributed by atoms with Gasteiger partial charge in [-0.25, -0.2) is 4.98 Å². The zero-order chi connectivity index (χ0) is 16.7. The van der Waals surface area contributed by atoms with Gasteiger partial charge in [0.15, 0.2) is 5.13 Å². The fraction of sp³-hybridized carbons (Fsp3) is 0.500. The maximum atomic E-state index is 12.1. The second-order valence-electron chi connectivity index (χ2n) is 4.78. The molecule has 0 fully saturated rings. The first-order valence-electron chi connectivity index (χ1n) is 7.67. The molecule has 126 valence electrons. The van der Waals surface area contributed by atoms with Crippen LogP contribution >= 0.6 is 11.3 Å². The van der Waals surface area contributed by atoms with E-state index in [1.807, 2.05) is 32.0 Å². The van der Waals surface area contributed by atoms with Crippen LogP contribution in [0.2, 0.25) is 0 Å². The van der Waals surface area contributed by atoms with Crippen molar-refractivity contribution in [3.05, 3.63) is 18.2 Å². The molecule has 0 saturated carbocycles. The molecular weight excluding hydrogens is 316 g/mol. The van der Waals surface area contributed by atoms with Crippen molar-refractivity contribution in [1.82, 2.24) is 4.98 Å². The third kappa shape index (κ3) is 5.16. The third-order valence-electron chi connectivity index (χ3n) is 3.07. The lowest BCUT2D eigenvalue weighted by atomic mass is 10.3. The second-order valence-corrected chi connectivity index (χ2v) is 5.81. The number of nitrogens with one attached hydrogen (secondary N) is 1. The topological polar surface area (TPSA) is 69.7 Å². The molecule has 7 heteroatoms. The van der Waals surface area contributed by atoms with E-state index in [1.165, 1.54) is 11.3 Å². The Morgan fingerprint density at radius 1 is 1.30 bits per heavy atom. The average molecular weight is 338 g/mol. The molecule has 0 saturated heterocycles. The van der Waals surface area contributed by atoms with Crippen molar-refractivity contribution in [3.63, 3.8) is 0 Å². The molecule has 1 unspecified atom stereocenters. The quantitative estimate of drug-likeness (QED) is 0.712. The molecule has 0 radical (unpaired) electrons. The Labute approximate surface area is 139 Å². The van der Waals surface area contributed by atoms with Crippen molar-refractivity contribution in [2.45, 2.75) is 26.9 Å². The molecule has 0 bridgehead atoms. The van der Waals surface area contributed by atoms with Crippen LogP contribution in [0.3, 0.4) is 0 Å². The summed E-state index contributed by atoms with van der Waals surface area (Å²) in [6.45, 7) is 7.69. The Bertz CT molecular complexity index is 644. The van der Waals surface area contributed by atoms with Gasteiger partial charge in [-0.1, -0.05) is 11.3 Å².